The lowest BCUT2D eigenvalue weighted by Gasteiger charge is -2.11. The number of hydrogen-bond acceptors (Lipinski definition) is 4. The maximum absolute atomic E-state index is 12.2. The van der Waals surface area contributed by atoms with Crippen LogP contribution in [-0.4, -0.2) is 44.5 Å². The molecule has 0 spiro atoms. The van der Waals surface area contributed by atoms with Crippen molar-refractivity contribution in [2.24, 2.45) is 0 Å². The maximum Gasteiger partial charge on any atom is 0.253 e. The van der Waals surface area contributed by atoms with Crippen LogP contribution >= 0.6 is 0 Å². The maximum atomic E-state index is 12.2. The van der Waals surface area contributed by atoms with E-state index in [0.29, 0.717) is 29.4 Å². The van der Waals surface area contributed by atoms with Gasteiger partial charge in [-0.05, 0) is 48.4 Å². The van der Waals surface area contributed by atoms with Crippen molar-refractivity contribution in [2.75, 3.05) is 33.1 Å². The fourth-order valence-electron chi connectivity index (χ4n) is 2.46. The summed E-state index contributed by atoms with van der Waals surface area (Å²) in [6.45, 7) is 2.65. The third-order valence-corrected chi connectivity index (χ3v) is 3.86. The zero-order chi connectivity index (χ0) is 20.5. The standard InChI is InChI=1S/C22H26N2O4/c1-5-13-28-19-11-9-16(14-20(19)27-4)10-12-21(25)23-18-8-6-7-17(15-18)22(26)24(2)3/h6-12,14-15H,5,13H2,1-4H3,(H,23,25)/b12-10+. The summed E-state index contributed by atoms with van der Waals surface area (Å²) in [6.07, 6.45) is 4.03. The van der Waals surface area contributed by atoms with E-state index in [1.54, 1.807) is 51.5 Å². The molecule has 0 radical (unpaired) electrons. The quantitative estimate of drug-likeness (QED) is 0.705. The molecule has 148 valence electrons. The van der Waals surface area contributed by atoms with Crippen LogP contribution in [0.5, 0.6) is 11.5 Å². The SMILES string of the molecule is CCCOc1ccc(/C=C/C(=O)Nc2cccc(C(=O)N(C)C)c2)cc1OC. The average molecular weight is 382 g/mol. The zero-order valence-electron chi connectivity index (χ0n) is 16.7. The van der Waals surface area contributed by atoms with Gasteiger partial charge in [-0.1, -0.05) is 19.1 Å². The first-order chi connectivity index (χ1) is 13.4. The van der Waals surface area contributed by atoms with Crippen LogP contribution in [0.1, 0.15) is 29.3 Å². The molecule has 0 heterocycles. The van der Waals surface area contributed by atoms with Crippen molar-refractivity contribution in [2.45, 2.75) is 13.3 Å². The first kappa shape index (κ1) is 21.0. The molecule has 2 rings (SSSR count). The number of hydrogen-bond donors (Lipinski definition) is 1. The molecular weight excluding hydrogens is 356 g/mol. The second kappa shape index (κ2) is 10.2. The third-order valence-electron chi connectivity index (χ3n) is 3.86. The number of rotatable bonds is 8. The van der Waals surface area contributed by atoms with Gasteiger partial charge in [0.2, 0.25) is 5.91 Å². The number of benzene rings is 2. The minimum absolute atomic E-state index is 0.121. The van der Waals surface area contributed by atoms with Gasteiger partial charge in [-0.25, -0.2) is 0 Å². The molecule has 0 aliphatic heterocycles. The number of ether oxygens (including phenoxy) is 2. The molecule has 0 aromatic heterocycles. The molecule has 0 bridgehead atoms. The molecule has 0 unspecified atom stereocenters. The molecule has 2 amide bonds. The Kier molecular flexibility index (Phi) is 7.63. The first-order valence-electron chi connectivity index (χ1n) is 9.06. The van der Waals surface area contributed by atoms with Crippen LogP contribution in [0.25, 0.3) is 6.08 Å². The summed E-state index contributed by atoms with van der Waals surface area (Å²) in [5.41, 5.74) is 1.88. The van der Waals surface area contributed by atoms with Gasteiger partial charge in [0.15, 0.2) is 11.5 Å². The van der Waals surface area contributed by atoms with Gasteiger partial charge in [-0.3, -0.25) is 9.59 Å². The van der Waals surface area contributed by atoms with Crippen LogP contribution in [0.4, 0.5) is 5.69 Å². The van der Waals surface area contributed by atoms with Gasteiger partial charge < -0.3 is 19.7 Å². The van der Waals surface area contributed by atoms with Crippen molar-refractivity contribution >= 4 is 23.6 Å². The highest BCUT2D eigenvalue weighted by atomic mass is 16.5. The van der Waals surface area contributed by atoms with Crippen LogP contribution in [0.3, 0.4) is 0 Å². The molecule has 2 aromatic rings. The van der Waals surface area contributed by atoms with Crippen molar-refractivity contribution in [1.29, 1.82) is 0 Å². The highest BCUT2D eigenvalue weighted by Gasteiger charge is 2.09. The van der Waals surface area contributed by atoms with E-state index in [-0.39, 0.29) is 11.8 Å². The molecule has 1 N–H and O–H groups in total. The number of amides is 2. The van der Waals surface area contributed by atoms with Gasteiger partial charge in [0.05, 0.1) is 13.7 Å². The predicted molar refractivity (Wildman–Crippen MR) is 111 cm³/mol. The van der Waals surface area contributed by atoms with E-state index in [4.69, 9.17) is 9.47 Å². The molecule has 0 aliphatic rings. The van der Waals surface area contributed by atoms with Crippen molar-refractivity contribution < 1.29 is 19.1 Å². The van der Waals surface area contributed by atoms with E-state index in [2.05, 4.69) is 5.32 Å². The Bertz CT molecular complexity index is 859. The number of anilines is 1. The summed E-state index contributed by atoms with van der Waals surface area (Å²) in [7, 11) is 4.95. The minimum Gasteiger partial charge on any atom is -0.493 e. The van der Waals surface area contributed by atoms with Crippen molar-refractivity contribution in [3.8, 4) is 11.5 Å². The number of carbonyl (C=O) groups excluding carboxylic acids is 2. The van der Waals surface area contributed by atoms with Gasteiger partial charge in [0.25, 0.3) is 5.91 Å². The molecule has 6 nitrogen and oxygen atoms in total. The van der Waals surface area contributed by atoms with E-state index in [0.717, 1.165) is 12.0 Å². The molecule has 2 aromatic carbocycles. The minimum atomic E-state index is -0.292. The van der Waals surface area contributed by atoms with Gasteiger partial charge in [0.1, 0.15) is 0 Å². The molecular formula is C22H26N2O4. The lowest BCUT2D eigenvalue weighted by Crippen LogP contribution is -2.21. The Hall–Kier alpha value is -3.28. The molecule has 0 fully saturated rings. The Balaban J connectivity index is 2.06. The number of carbonyl (C=O) groups is 2. The van der Waals surface area contributed by atoms with Crippen molar-refractivity contribution in [1.82, 2.24) is 4.90 Å². The summed E-state index contributed by atoms with van der Waals surface area (Å²) in [6, 6.07) is 12.3. The highest BCUT2D eigenvalue weighted by Crippen LogP contribution is 2.28. The summed E-state index contributed by atoms with van der Waals surface area (Å²) in [5.74, 6) is 0.878. The van der Waals surface area contributed by atoms with Crippen molar-refractivity contribution in [3.63, 3.8) is 0 Å². The second-order valence-corrected chi connectivity index (χ2v) is 6.36. The highest BCUT2D eigenvalue weighted by molar-refractivity contribution is 6.03. The summed E-state index contributed by atoms with van der Waals surface area (Å²) in [4.78, 5) is 25.7. The summed E-state index contributed by atoms with van der Waals surface area (Å²) >= 11 is 0. The van der Waals surface area contributed by atoms with Crippen molar-refractivity contribution in [3.05, 3.63) is 59.7 Å². The zero-order valence-corrected chi connectivity index (χ0v) is 16.7. The Morgan fingerprint density at radius 3 is 2.57 bits per heavy atom. The van der Waals surface area contributed by atoms with Crippen LogP contribution in [0.15, 0.2) is 48.5 Å². The van der Waals surface area contributed by atoms with E-state index in [9.17, 15) is 9.59 Å². The van der Waals surface area contributed by atoms with Crippen LogP contribution in [0, 0.1) is 0 Å². The Morgan fingerprint density at radius 1 is 1.11 bits per heavy atom. The largest absolute Gasteiger partial charge is 0.493 e. The third kappa shape index (κ3) is 5.87. The van der Waals surface area contributed by atoms with E-state index in [1.807, 2.05) is 25.1 Å². The van der Waals surface area contributed by atoms with Gasteiger partial charge in [-0.2, -0.15) is 0 Å². The normalized spacial score (nSPS) is 10.6. The van der Waals surface area contributed by atoms with Crippen LogP contribution < -0.4 is 14.8 Å². The first-order valence-corrected chi connectivity index (χ1v) is 9.06. The number of nitrogens with zero attached hydrogens (tertiary/aromatic N) is 1. The molecule has 0 saturated heterocycles. The Labute approximate surface area is 165 Å². The number of methoxy groups -OCH3 is 1. The summed E-state index contributed by atoms with van der Waals surface area (Å²) < 4.78 is 11.0. The second-order valence-electron chi connectivity index (χ2n) is 6.36. The van der Waals surface area contributed by atoms with Crippen LogP contribution in [-0.2, 0) is 4.79 Å². The van der Waals surface area contributed by atoms with Crippen LogP contribution in [0.2, 0.25) is 0 Å². The van der Waals surface area contributed by atoms with E-state index in [1.165, 1.54) is 11.0 Å². The monoisotopic (exact) mass is 382 g/mol. The molecule has 28 heavy (non-hydrogen) atoms. The fourth-order valence-corrected chi connectivity index (χ4v) is 2.46. The van der Waals surface area contributed by atoms with Gasteiger partial charge in [-0.15, -0.1) is 0 Å². The topological polar surface area (TPSA) is 67.9 Å². The van der Waals surface area contributed by atoms with Gasteiger partial charge >= 0.3 is 0 Å². The predicted octanol–water partition coefficient (Wildman–Crippen LogP) is 3.84. The lowest BCUT2D eigenvalue weighted by molar-refractivity contribution is -0.111. The fraction of sp³-hybridized carbons (Fsp3) is 0.273. The summed E-state index contributed by atoms with van der Waals surface area (Å²) in [5, 5.41) is 2.76. The van der Waals surface area contributed by atoms with E-state index >= 15 is 0 Å². The van der Waals surface area contributed by atoms with Gasteiger partial charge in [0, 0.05) is 31.4 Å². The molecule has 0 atom stereocenters. The molecule has 0 aliphatic carbocycles. The molecule has 0 saturated carbocycles. The lowest BCUT2D eigenvalue weighted by atomic mass is 10.1. The average Bonchev–Trinajstić information content (AvgIpc) is 2.70. The smallest absolute Gasteiger partial charge is 0.253 e. The Morgan fingerprint density at radius 2 is 1.89 bits per heavy atom. The molecule has 6 heteroatoms. The van der Waals surface area contributed by atoms with E-state index < -0.39 is 0 Å². The number of nitrogens with one attached hydrogen (secondary N) is 1.